The normalized spacial score (nSPS) is 15.3. The molecule has 0 saturated carbocycles. The van der Waals surface area contributed by atoms with Crippen molar-refractivity contribution >= 4 is 11.9 Å². The van der Waals surface area contributed by atoms with Crippen molar-refractivity contribution in [1.29, 1.82) is 0 Å². The number of amides is 1. The van der Waals surface area contributed by atoms with Crippen LogP contribution in [0.15, 0.2) is 24.3 Å². The Labute approximate surface area is 147 Å². The zero-order chi connectivity index (χ0) is 17.5. The molecule has 2 N–H and O–H groups in total. The van der Waals surface area contributed by atoms with E-state index >= 15 is 0 Å². The zero-order valence-corrected chi connectivity index (χ0v) is 14.4. The van der Waals surface area contributed by atoms with Crippen molar-refractivity contribution < 1.29 is 9.53 Å². The Kier molecular flexibility index (Phi) is 5.77. The lowest BCUT2D eigenvalue weighted by Crippen LogP contribution is -2.24. The van der Waals surface area contributed by atoms with Crippen LogP contribution < -0.4 is 15.4 Å². The van der Waals surface area contributed by atoms with Gasteiger partial charge in [-0.1, -0.05) is 12.1 Å². The third kappa shape index (κ3) is 4.89. The van der Waals surface area contributed by atoms with Gasteiger partial charge in [-0.25, -0.2) is 0 Å². The van der Waals surface area contributed by atoms with Crippen molar-refractivity contribution in [2.45, 2.75) is 32.6 Å². The fourth-order valence-electron chi connectivity index (χ4n) is 2.64. The lowest BCUT2D eigenvalue weighted by molar-refractivity contribution is 0.0953. The molecule has 7 heteroatoms. The summed E-state index contributed by atoms with van der Waals surface area (Å²) < 4.78 is 5.46. The Bertz CT molecular complexity index is 718. The molecule has 1 aromatic heterocycles. The highest BCUT2D eigenvalue weighted by Gasteiger charge is 2.10. The molecule has 2 aromatic rings. The third-order valence-electron chi connectivity index (χ3n) is 3.94. The maximum atomic E-state index is 12.1. The topological polar surface area (TPSA) is 89.0 Å². The van der Waals surface area contributed by atoms with Crippen LogP contribution in [0.3, 0.4) is 0 Å². The van der Waals surface area contributed by atoms with Gasteiger partial charge in [0.1, 0.15) is 5.82 Å². The molecule has 0 atom stereocenters. The smallest absolute Gasteiger partial charge is 0.321 e. The van der Waals surface area contributed by atoms with Crippen LogP contribution in [-0.4, -0.2) is 40.6 Å². The molecule has 132 valence electrons. The maximum Gasteiger partial charge on any atom is 0.321 e. The van der Waals surface area contributed by atoms with Gasteiger partial charge in [0.05, 0.1) is 6.61 Å². The van der Waals surface area contributed by atoms with Gasteiger partial charge < -0.3 is 15.4 Å². The average Bonchev–Trinajstić information content (AvgIpc) is 2.61. The molecule has 0 saturated heterocycles. The second-order valence-corrected chi connectivity index (χ2v) is 5.91. The van der Waals surface area contributed by atoms with E-state index in [1.807, 2.05) is 31.2 Å². The van der Waals surface area contributed by atoms with E-state index in [-0.39, 0.29) is 5.91 Å². The number of anilines is 1. The minimum absolute atomic E-state index is 0.0298. The molecule has 25 heavy (non-hydrogen) atoms. The van der Waals surface area contributed by atoms with E-state index in [2.05, 4.69) is 25.6 Å². The minimum Gasteiger partial charge on any atom is -0.464 e. The van der Waals surface area contributed by atoms with Crippen molar-refractivity contribution in [3.63, 3.8) is 0 Å². The molecule has 0 spiro atoms. The van der Waals surface area contributed by atoms with Crippen LogP contribution in [0.2, 0.25) is 0 Å². The van der Waals surface area contributed by atoms with E-state index < -0.39 is 0 Å². The van der Waals surface area contributed by atoms with Gasteiger partial charge in [0.2, 0.25) is 5.95 Å². The van der Waals surface area contributed by atoms with E-state index in [1.54, 1.807) is 0 Å². The molecular weight excluding hydrogens is 318 g/mol. The van der Waals surface area contributed by atoms with Crippen LogP contribution in [0.4, 0.5) is 5.95 Å². The first-order valence-corrected chi connectivity index (χ1v) is 8.73. The first-order chi connectivity index (χ1) is 12.2. The second kappa shape index (κ2) is 8.41. The third-order valence-corrected chi connectivity index (χ3v) is 3.94. The molecule has 4 bridgehead atoms. The molecule has 3 heterocycles. The number of carbonyl (C=O) groups is 1. The summed E-state index contributed by atoms with van der Waals surface area (Å²) in [6.45, 7) is 3.87. The molecule has 2 aliphatic heterocycles. The molecule has 7 nitrogen and oxygen atoms in total. The molecule has 0 fully saturated rings. The van der Waals surface area contributed by atoms with Crippen molar-refractivity contribution in [2.75, 3.05) is 25.0 Å². The second-order valence-electron chi connectivity index (χ2n) is 5.91. The van der Waals surface area contributed by atoms with E-state index in [9.17, 15) is 4.79 Å². The molecular formula is C18H23N5O2. The standard InChI is InChI=1S/C18H23N5O2/c1-2-25-18-22-15-12-13-6-8-14(9-7-13)16(24)19-10-4-3-5-11-20-17(21-15)23-18/h6-9H,2-5,10-12H2,1H3,(H,19,24)(H,20,21,22,23). The van der Waals surface area contributed by atoms with Gasteiger partial charge >= 0.3 is 6.01 Å². The molecule has 1 amide bonds. The first kappa shape index (κ1) is 17.1. The number of ether oxygens (including phenoxy) is 1. The van der Waals surface area contributed by atoms with Gasteiger partial charge in [0.25, 0.3) is 5.91 Å². The SMILES string of the molecule is CCOc1nc2nc(n1)NCCCCCNC(=O)c1ccc(cc1)C2. The summed E-state index contributed by atoms with van der Waals surface area (Å²) in [6, 6.07) is 7.86. The quantitative estimate of drug-likeness (QED) is 0.870. The molecule has 1 aromatic carbocycles. The lowest BCUT2D eigenvalue weighted by atomic mass is 10.1. The van der Waals surface area contributed by atoms with Gasteiger partial charge in [0, 0.05) is 25.1 Å². The highest BCUT2D eigenvalue weighted by atomic mass is 16.5. The molecule has 0 radical (unpaired) electrons. The van der Waals surface area contributed by atoms with Crippen LogP contribution >= 0.6 is 0 Å². The summed E-state index contributed by atoms with van der Waals surface area (Å²) in [5.74, 6) is 1.16. The predicted molar refractivity (Wildman–Crippen MR) is 94.9 cm³/mol. The Morgan fingerprint density at radius 2 is 1.76 bits per heavy atom. The van der Waals surface area contributed by atoms with Crippen molar-refractivity contribution in [2.24, 2.45) is 0 Å². The lowest BCUT2D eigenvalue weighted by Gasteiger charge is -2.11. The number of carbonyl (C=O) groups excluding carboxylic acids is 1. The Morgan fingerprint density at radius 1 is 1.00 bits per heavy atom. The molecule has 0 aliphatic carbocycles. The van der Waals surface area contributed by atoms with Gasteiger partial charge in [0.15, 0.2) is 0 Å². The van der Waals surface area contributed by atoms with Crippen LogP contribution in [0.1, 0.15) is 47.9 Å². The number of benzene rings is 1. The first-order valence-electron chi connectivity index (χ1n) is 8.73. The number of hydrogen-bond donors (Lipinski definition) is 2. The zero-order valence-electron chi connectivity index (χ0n) is 14.4. The summed E-state index contributed by atoms with van der Waals surface area (Å²) >= 11 is 0. The highest BCUT2D eigenvalue weighted by Crippen LogP contribution is 2.13. The van der Waals surface area contributed by atoms with Crippen LogP contribution in [0.25, 0.3) is 0 Å². The predicted octanol–water partition coefficient (Wildman–Crippen LogP) is 2.19. The number of fused-ring (bicyclic) bond motifs is 9. The molecule has 4 rings (SSSR count). The van der Waals surface area contributed by atoms with Gasteiger partial charge in [-0.3, -0.25) is 4.79 Å². The van der Waals surface area contributed by atoms with Crippen molar-refractivity contribution in [3.05, 3.63) is 41.2 Å². The van der Waals surface area contributed by atoms with E-state index in [0.717, 1.165) is 31.4 Å². The fourth-order valence-corrected chi connectivity index (χ4v) is 2.64. The summed E-state index contributed by atoms with van der Waals surface area (Å²) in [7, 11) is 0. The fraction of sp³-hybridized carbons (Fsp3) is 0.444. The number of hydrogen-bond acceptors (Lipinski definition) is 6. The summed E-state index contributed by atoms with van der Waals surface area (Å²) in [5.41, 5.74) is 1.70. The van der Waals surface area contributed by atoms with Crippen LogP contribution in [0, 0.1) is 0 Å². The number of nitrogens with one attached hydrogen (secondary N) is 2. The van der Waals surface area contributed by atoms with E-state index in [0.29, 0.717) is 42.9 Å². The number of nitrogens with zero attached hydrogens (tertiary/aromatic N) is 3. The number of aromatic nitrogens is 3. The van der Waals surface area contributed by atoms with Gasteiger partial charge in [-0.05, 0) is 43.9 Å². The summed E-state index contributed by atoms with van der Waals surface area (Å²) in [4.78, 5) is 25.3. The molecule has 0 unspecified atom stereocenters. The Morgan fingerprint density at radius 3 is 2.52 bits per heavy atom. The summed E-state index contributed by atoms with van der Waals surface area (Å²) in [6.07, 6.45) is 3.49. The molecule has 2 aliphatic rings. The Balaban J connectivity index is 1.87. The van der Waals surface area contributed by atoms with Crippen LogP contribution in [-0.2, 0) is 6.42 Å². The van der Waals surface area contributed by atoms with Crippen molar-refractivity contribution in [1.82, 2.24) is 20.3 Å². The van der Waals surface area contributed by atoms with Gasteiger partial charge in [-0.15, -0.1) is 0 Å². The Hall–Kier alpha value is -2.70. The van der Waals surface area contributed by atoms with Crippen LogP contribution in [0.5, 0.6) is 6.01 Å². The monoisotopic (exact) mass is 341 g/mol. The average molecular weight is 341 g/mol. The van der Waals surface area contributed by atoms with Crippen molar-refractivity contribution in [3.8, 4) is 6.01 Å². The van der Waals surface area contributed by atoms with Gasteiger partial charge in [-0.2, -0.15) is 15.0 Å². The van der Waals surface area contributed by atoms with E-state index in [4.69, 9.17) is 4.74 Å². The largest absolute Gasteiger partial charge is 0.464 e. The minimum atomic E-state index is -0.0298. The maximum absolute atomic E-state index is 12.1. The highest BCUT2D eigenvalue weighted by molar-refractivity contribution is 5.94. The van der Waals surface area contributed by atoms with E-state index in [1.165, 1.54) is 0 Å². The summed E-state index contributed by atoms with van der Waals surface area (Å²) in [5, 5.41) is 6.19. The number of rotatable bonds is 2.